The Kier molecular flexibility index (Phi) is 8.03. The van der Waals surface area contributed by atoms with E-state index in [2.05, 4.69) is 127 Å². The second-order valence-corrected chi connectivity index (χ2v) is 13.2. The van der Waals surface area contributed by atoms with Gasteiger partial charge in [-0.25, -0.2) is 0 Å². The van der Waals surface area contributed by atoms with Crippen LogP contribution in [0.25, 0.3) is 0 Å². The fraction of sp³-hybridized carbons (Fsp3) is 0.188. The zero-order valence-corrected chi connectivity index (χ0v) is 21.4. The van der Waals surface area contributed by atoms with Gasteiger partial charge in [0.15, 0.2) is 0 Å². The molecule has 0 amide bonds. The Morgan fingerprint density at radius 3 is 1.29 bits per heavy atom. The summed E-state index contributed by atoms with van der Waals surface area (Å²) in [6.45, 7) is 0. The normalized spacial score (nSPS) is 15.1. The lowest BCUT2D eigenvalue weighted by molar-refractivity contribution is 0.414. The minimum atomic E-state index is -0.574. The molecule has 0 saturated heterocycles. The van der Waals surface area contributed by atoms with Crippen molar-refractivity contribution < 1.29 is 0 Å². The van der Waals surface area contributed by atoms with E-state index in [0.717, 1.165) is 0 Å². The molecule has 0 atom stereocenters. The largest absolute Gasteiger partial charge is 0.0622 e. The predicted molar refractivity (Wildman–Crippen MR) is 153 cm³/mol. The van der Waals surface area contributed by atoms with Crippen molar-refractivity contribution in [3.05, 3.63) is 132 Å². The molecular formula is C32H32P2. The van der Waals surface area contributed by atoms with Crippen LogP contribution in [0, 0.1) is 5.92 Å². The molecule has 1 aliphatic carbocycles. The maximum absolute atomic E-state index is 2.72. The molecule has 4 aromatic carbocycles. The lowest BCUT2D eigenvalue weighted by Gasteiger charge is -2.32. The van der Waals surface area contributed by atoms with E-state index in [0.29, 0.717) is 5.92 Å². The van der Waals surface area contributed by atoms with Crippen LogP contribution in [-0.4, -0.2) is 0 Å². The van der Waals surface area contributed by atoms with Crippen LogP contribution in [0.4, 0.5) is 0 Å². The van der Waals surface area contributed by atoms with Crippen LogP contribution < -0.4 is 21.2 Å². The molecule has 0 nitrogen and oxygen atoms in total. The first-order valence-electron chi connectivity index (χ1n) is 12.4. The molecule has 0 bridgehead atoms. The Labute approximate surface area is 207 Å². The molecule has 1 saturated carbocycles. The van der Waals surface area contributed by atoms with Crippen molar-refractivity contribution in [1.82, 2.24) is 0 Å². The smallest absolute Gasteiger partial charge is 0.0151 e. The molecule has 0 spiro atoms. The van der Waals surface area contributed by atoms with Gasteiger partial charge >= 0.3 is 0 Å². The van der Waals surface area contributed by atoms with Crippen molar-refractivity contribution in [3.63, 3.8) is 0 Å². The average Bonchev–Trinajstić information content (AvgIpc) is 2.93. The Morgan fingerprint density at radius 1 is 0.500 bits per heavy atom. The van der Waals surface area contributed by atoms with E-state index in [1.807, 2.05) is 0 Å². The maximum Gasteiger partial charge on any atom is -0.0151 e. The van der Waals surface area contributed by atoms with Crippen molar-refractivity contribution >= 4 is 37.1 Å². The minimum absolute atomic E-state index is 0.573. The molecule has 0 N–H and O–H groups in total. The molecule has 0 heterocycles. The minimum Gasteiger partial charge on any atom is -0.0622 e. The summed E-state index contributed by atoms with van der Waals surface area (Å²) in [5, 5.41) is 7.50. The van der Waals surface area contributed by atoms with E-state index in [4.69, 9.17) is 0 Å². The summed E-state index contributed by atoms with van der Waals surface area (Å²) < 4.78 is 0. The van der Waals surface area contributed by atoms with Crippen molar-refractivity contribution in [3.8, 4) is 0 Å². The van der Waals surface area contributed by atoms with E-state index in [1.54, 1.807) is 5.31 Å². The SMILES string of the molecule is C(=C(\C1CCCCC1)P(c1ccccc1)c1ccccc1)/P(c1ccccc1)c1ccccc1. The van der Waals surface area contributed by atoms with E-state index >= 15 is 0 Å². The van der Waals surface area contributed by atoms with Gasteiger partial charge in [0, 0.05) is 0 Å². The Morgan fingerprint density at radius 2 is 0.882 bits per heavy atom. The molecule has 2 heteroatoms. The first-order chi connectivity index (χ1) is 16.9. The molecule has 34 heavy (non-hydrogen) atoms. The van der Waals surface area contributed by atoms with Gasteiger partial charge in [-0.1, -0.05) is 141 Å². The van der Waals surface area contributed by atoms with Gasteiger partial charge in [0.05, 0.1) is 0 Å². The van der Waals surface area contributed by atoms with E-state index in [-0.39, 0.29) is 0 Å². The molecule has 1 aliphatic rings. The predicted octanol–water partition coefficient (Wildman–Crippen LogP) is 7.67. The lowest BCUT2D eigenvalue weighted by atomic mass is 9.89. The van der Waals surface area contributed by atoms with Crippen molar-refractivity contribution in [1.29, 1.82) is 0 Å². The third-order valence-electron chi connectivity index (χ3n) is 6.64. The first kappa shape index (κ1) is 23.2. The second kappa shape index (κ2) is 11.8. The van der Waals surface area contributed by atoms with Crippen LogP contribution in [0.5, 0.6) is 0 Å². The summed E-state index contributed by atoms with van der Waals surface area (Å²) in [5.74, 6) is 3.39. The molecule has 1 fully saturated rings. The summed E-state index contributed by atoms with van der Waals surface area (Å²) in [6, 6.07) is 44.9. The monoisotopic (exact) mass is 478 g/mol. The van der Waals surface area contributed by atoms with Gasteiger partial charge in [-0.05, 0) is 67.0 Å². The topological polar surface area (TPSA) is 0 Å². The summed E-state index contributed by atoms with van der Waals surface area (Å²) >= 11 is 0. The number of hydrogen-bond acceptors (Lipinski definition) is 0. The summed E-state index contributed by atoms with van der Waals surface area (Å²) in [7, 11) is -1.15. The summed E-state index contributed by atoms with van der Waals surface area (Å²) in [5.41, 5.74) is 0. The average molecular weight is 479 g/mol. The standard InChI is InChI=1S/C32H32P2/c1-6-16-27(17-7-1)32(34(30-22-12-4-13-23-30)31-24-14-5-15-25-31)26-33(28-18-8-2-9-19-28)29-20-10-3-11-21-29/h2-5,8-15,18-27H,1,6-7,16-17H2/b32-26-. The van der Waals surface area contributed by atoms with Gasteiger partial charge in [0.2, 0.25) is 0 Å². The number of allylic oxidation sites excluding steroid dienone is 1. The lowest BCUT2D eigenvalue weighted by Crippen LogP contribution is -2.20. The number of hydrogen-bond donors (Lipinski definition) is 0. The highest BCUT2D eigenvalue weighted by atomic mass is 31.1. The zero-order valence-electron chi connectivity index (χ0n) is 19.6. The summed E-state index contributed by atoms with van der Waals surface area (Å²) in [4.78, 5) is 0. The Bertz CT molecular complexity index is 1090. The van der Waals surface area contributed by atoms with E-state index in [1.165, 1.54) is 53.3 Å². The van der Waals surface area contributed by atoms with Crippen LogP contribution in [0.2, 0.25) is 0 Å². The van der Waals surface area contributed by atoms with Crippen molar-refractivity contribution in [2.45, 2.75) is 32.1 Å². The van der Waals surface area contributed by atoms with Crippen LogP contribution in [-0.2, 0) is 0 Å². The maximum atomic E-state index is 2.72. The first-order valence-corrected chi connectivity index (χ1v) is 15.2. The highest BCUT2D eigenvalue weighted by molar-refractivity contribution is 7.80. The van der Waals surface area contributed by atoms with Gasteiger partial charge in [-0.2, -0.15) is 0 Å². The molecule has 170 valence electrons. The Balaban J connectivity index is 1.70. The van der Waals surface area contributed by atoms with Gasteiger partial charge in [0.25, 0.3) is 0 Å². The fourth-order valence-corrected chi connectivity index (χ4v) is 10.3. The highest BCUT2D eigenvalue weighted by Gasteiger charge is 2.28. The van der Waals surface area contributed by atoms with Crippen molar-refractivity contribution in [2.75, 3.05) is 0 Å². The van der Waals surface area contributed by atoms with E-state index in [9.17, 15) is 0 Å². The number of rotatable bonds is 7. The zero-order chi connectivity index (χ0) is 23.0. The second-order valence-electron chi connectivity index (χ2n) is 8.94. The van der Waals surface area contributed by atoms with Gasteiger partial charge in [0.1, 0.15) is 0 Å². The van der Waals surface area contributed by atoms with Crippen LogP contribution >= 0.6 is 15.8 Å². The number of benzene rings is 4. The third-order valence-corrected chi connectivity index (χ3v) is 11.7. The molecule has 0 aromatic heterocycles. The van der Waals surface area contributed by atoms with Crippen molar-refractivity contribution in [2.24, 2.45) is 5.92 Å². The van der Waals surface area contributed by atoms with E-state index < -0.39 is 15.8 Å². The Hall–Kier alpha value is -2.52. The molecule has 5 rings (SSSR count). The van der Waals surface area contributed by atoms with Gasteiger partial charge in [-0.3, -0.25) is 0 Å². The molecule has 4 aromatic rings. The molecule has 0 unspecified atom stereocenters. The molecule has 0 aliphatic heterocycles. The van der Waals surface area contributed by atoms with Gasteiger partial charge < -0.3 is 0 Å². The molecule has 0 radical (unpaired) electrons. The van der Waals surface area contributed by atoms with Crippen LogP contribution in [0.15, 0.2) is 132 Å². The quantitative estimate of drug-likeness (QED) is 0.239. The third kappa shape index (κ3) is 5.58. The summed E-state index contributed by atoms with van der Waals surface area (Å²) in [6.07, 6.45) is 6.71. The van der Waals surface area contributed by atoms with Crippen LogP contribution in [0.3, 0.4) is 0 Å². The molecular weight excluding hydrogens is 446 g/mol. The highest BCUT2D eigenvalue weighted by Crippen LogP contribution is 2.54. The van der Waals surface area contributed by atoms with Gasteiger partial charge in [-0.15, -0.1) is 0 Å². The fourth-order valence-electron chi connectivity index (χ4n) is 4.95. The van der Waals surface area contributed by atoms with Crippen LogP contribution in [0.1, 0.15) is 32.1 Å².